The molecule has 1 fully saturated rings. The van der Waals surface area contributed by atoms with Gasteiger partial charge in [-0.05, 0) is 39.8 Å². The molecule has 0 bridgehead atoms. The Kier molecular flexibility index (Phi) is 6.54. The molecule has 2 amide bonds. The number of anilines is 1. The van der Waals surface area contributed by atoms with Gasteiger partial charge in [0.05, 0.1) is 17.9 Å². The highest BCUT2D eigenvalue weighted by molar-refractivity contribution is 5.92. The van der Waals surface area contributed by atoms with Crippen LogP contribution >= 0.6 is 0 Å². The van der Waals surface area contributed by atoms with Crippen molar-refractivity contribution in [3.8, 4) is 0 Å². The summed E-state index contributed by atoms with van der Waals surface area (Å²) in [7, 11) is 0. The maximum absolute atomic E-state index is 12.4. The van der Waals surface area contributed by atoms with Gasteiger partial charge < -0.3 is 10.6 Å². The summed E-state index contributed by atoms with van der Waals surface area (Å²) in [6, 6.07) is -0.184. The van der Waals surface area contributed by atoms with Gasteiger partial charge >= 0.3 is 0 Å². The zero-order chi connectivity index (χ0) is 17.5. The molecule has 2 heterocycles. The Morgan fingerprint density at radius 1 is 1.46 bits per heavy atom. The van der Waals surface area contributed by atoms with Crippen LogP contribution in [0, 0.1) is 5.92 Å². The number of carbonyl (C=O) groups excluding carboxylic acids is 2. The van der Waals surface area contributed by atoms with Crippen molar-refractivity contribution < 1.29 is 9.59 Å². The Bertz CT molecular complexity index is 575. The topological polar surface area (TPSA) is 79.3 Å². The zero-order valence-electron chi connectivity index (χ0n) is 14.5. The largest absolute Gasteiger partial charge is 0.351 e. The van der Waals surface area contributed by atoms with Crippen LogP contribution in [-0.2, 0) is 16.1 Å². The summed E-state index contributed by atoms with van der Waals surface area (Å²) in [6.45, 7) is 10.2. The number of hydrogen-bond donors (Lipinski definition) is 2. The summed E-state index contributed by atoms with van der Waals surface area (Å²) >= 11 is 0. The molecule has 7 heteroatoms. The summed E-state index contributed by atoms with van der Waals surface area (Å²) in [4.78, 5) is 26.5. The SMILES string of the molecule is C=CCNC(=O)[C@@H](C)N1CCC(C(=O)Nc2cnn(CC)c2)CC1. The van der Waals surface area contributed by atoms with E-state index in [1.165, 1.54) is 0 Å². The number of piperidine rings is 1. The average Bonchev–Trinajstić information content (AvgIpc) is 3.06. The van der Waals surface area contributed by atoms with Gasteiger partial charge in [0.2, 0.25) is 11.8 Å². The smallest absolute Gasteiger partial charge is 0.237 e. The maximum atomic E-state index is 12.4. The normalized spacial score (nSPS) is 17.2. The minimum absolute atomic E-state index is 0.00443. The molecule has 0 spiro atoms. The van der Waals surface area contributed by atoms with Crippen LogP contribution in [0.4, 0.5) is 5.69 Å². The van der Waals surface area contributed by atoms with Crippen LogP contribution in [0.2, 0.25) is 0 Å². The second-order valence-electron chi connectivity index (χ2n) is 6.09. The Hall–Kier alpha value is -2.15. The summed E-state index contributed by atoms with van der Waals surface area (Å²) in [5, 5.41) is 9.90. The average molecular weight is 333 g/mol. The molecule has 24 heavy (non-hydrogen) atoms. The molecule has 132 valence electrons. The van der Waals surface area contributed by atoms with Crippen molar-refractivity contribution in [1.29, 1.82) is 0 Å². The second kappa shape index (κ2) is 8.63. The number of carbonyl (C=O) groups is 2. The third-order valence-electron chi connectivity index (χ3n) is 4.47. The van der Waals surface area contributed by atoms with E-state index in [2.05, 4.69) is 27.2 Å². The highest BCUT2D eigenvalue weighted by Crippen LogP contribution is 2.21. The monoisotopic (exact) mass is 333 g/mol. The summed E-state index contributed by atoms with van der Waals surface area (Å²) in [5.41, 5.74) is 0.737. The quantitative estimate of drug-likeness (QED) is 0.736. The fourth-order valence-electron chi connectivity index (χ4n) is 2.88. The van der Waals surface area contributed by atoms with Crippen LogP contribution in [0.1, 0.15) is 26.7 Å². The van der Waals surface area contributed by atoms with Gasteiger partial charge in [-0.25, -0.2) is 0 Å². The predicted octanol–water partition coefficient (Wildman–Crippen LogP) is 1.24. The van der Waals surface area contributed by atoms with Crippen LogP contribution < -0.4 is 10.6 Å². The Morgan fingerprint density at radius 3 is 2.75 bits per heavy atom. The molecule has 0 unspecified atom stereocenters. The van der Waals surface area contributed by atoms with Gasteiger partial charge in [-0.2, -0.15) is 5.10 Å². The van der Waals surface area contributed by atoms with E-state index >= 15 is 0 Å². The van der Waals surface area contributed by atoms with Gasteiger partial charge in [-0.3, -0.25) is 19.2 Å². The number of aryl methyl sites for hydroxylation is 1. The number of nitrogens with one attached hydrogen (secondary N) is 2. The molecule has 1 aromatic rings. The van der Waals surface area contributed by atoms with Gasteiger partial charge in [0.25, 0.3) is 0 Å². The lowest BCUT2D eigenvalue weighted by Gasteiger charge is -2.34. The van der Waals surface area contributed by atoms with E-state index in [1.54, 1.807) is 17.0 Å². The fourth-order valence-corrected chi connectivity index (χ4v) is 2.88. The lowest BCUT2D eigenvalue weighted by Crippen LogP contribution is -2.49. The first-order valence-corrected chi connectivity index (χ1v) is 8.51. The van der Waals surface area contributed by atoms with Crippen molar-refractivity contribution in [2.24, 2.45) is 5.92 Å². The minimum Gasteiger partial charge on any atom is -0.351 e. The third kappa shape index (κ3) is 4.67. The van der Waals surface area contributed by atoms with E-state index < -0.39 is 0 Å². The number of nitrogens with zero attached hydrogens (tertiary/aromatic N) is 3. The predicted molar refractivity (Wildman–Crippen MR) is 93.5 cm³/mol. The molecule has 1 aromatic heterocycles. The van der Waals surface area contributed by atoms with Gasteiger partial charge in [-0.15, -0.1) is 6.58 Å². The van der Waals surface area contributed by atoms with Crippen LogP contribution in [0.25, 0.3) is 0 Å². The number of aromatic nitrogens is 2. The highest BCUT2D eigenvalue weighted by Gasteiger charge is 2.29. The molecule has 7 nitrogen and oxygen atoms in total. The molecule has 2 rings (SSSR count). The lowest BCUT2D eigenvalue weighted by molar-refractivity contribution is -0.126. The molecule has 0 aliphatic carbocycles. The molecule has 1 atom stereocenters. The van der Waals surface area contributed by atoms with Crippen LogP contribution in [0.15, 0.2) is 25.0 Å². The molecule has 0 radical (unpaired) electrons. The lowest BCUT2D eigenvalue weighted by atomic mass is 9.95. The van der Waals surface area contributed by atoms with E-state index in [4.69, 9.17) is 0 Å². The van der Waals surface area contributed by atoms with Crippen molar-refractivity contribution in [2.75, 3.05) is 25.0 Å². The maximum Gasteiger partial charge on any atom is 0.237 e. The Morgan fingerprint density at radius 2 is 2.17 bits per heavy atom. The van der Waals surface area contributed by atoms with Crippen LogP contribution in [-0.4, -0.2) is 52.2 Å². The molecule has 1 saturated heterocycles. The van der Waals surface area contributed by atoms with Crippen LogP contribution in [0.5, 0.6) is 0 Å². The van der Waals surface area contributed by atoms with Crippen molar-refractivity contribution >= 4 is 17.5 Å². The highest BCUT2D eigenvalue weighted by atomic mass is 16.2. The fraction of sp³-hybridized carbons (Fsp3) is 0.588. The van der Waals surface area contributed by atoms with Gasteiger partial charge in [0.15, 0.2) is 0 Å². The second-order valence-corrected chi connectivity index (χ2v) is 6.09. The Balaban J connectivity index is 1.80. The van der Waals surface area contributed by atoms with Crippen molar-refractivity contribution in [1.82, 2.24) is 20.0 Å². The summed E-state index contributed by atoms with van der Waals surface area (Å²) in [5.74, 6) is 0.0218. The molecule has 0 saturated carbocycles. The van der Waals surface area contributed by atoms with Gasteiger partial charge in [0, 0.05) is 25.2 Å². The third-order valence-corrected chi connectivity index (χ3v) is 4.47. The van der Waals surface area contributed by atoms with Crippen molar-refractivity contribution in [2.45, 2.75) is 39.3 Å². The first kappa shape index (κ1) is 18.2. The van der Waals surface area contributed by atoms with E-state index in [-0.39, 0.29) is 23.8 Å². The van der Waals surface area contributed by atoms with E-state index in [9.17, 15) is 9.59 Å². The molecule has 2 N–H and O–H groups in total. The Labute approximate surface area is 143 Å². The minimum atomic E-state index is -0.184. The van der Waals surface area contributed by atoms with E-state index in [1.807, 2.05) is 20.0 Å². The van der Waals surface area contributed by atoms with Crippen molar-refractivity contribution in [3.05, 3.63) is 25.0 Å². The first-order chi connectivity index (χ1) is 11.5. The number of rotatable bonds is 7. The molecule has 1 aliphatic rings. The van der Waals surface area contributed by atoms with E-state index in [0.29, 0.717) is 6.54 Å². The number of hydrogen-bond acceptors (Lipinski definition) is 4. The van der Waals surface area contributed by atoms with Gasteiger partial charge in [0.1, 0.15) is 0 Å². The number of likely N-dealkylation sites (tertiary alicyclic amines) is 1. The molecular weight excluding hydrogens is 306 g/mol. The molecule has 0 aromatic carbocycles. The summed E-state index contributed by atoms with van der Waals surface area (Å²) in [6.07, 6.45) is 6.68. The van der Waals surface area contributed by atoms with Gasteiger partial charge in [-0.1, -0.05) is 6.08 Å². The molecule has 1 aliphatic heterocycles. The van der Waals surface area contributed by atoms with Crippen LogP contribution in [0.3, 0.4) is 0 Å². The zero-order valence-corrected chi connectivity index (χ0v) is 14.5. The number of amides is 2. The van der Waals surface area contributed by atoms with Crippen molar-refractivity contribution in [3.63, 3.8) is 0 Å². The standard InChI is InChI=1S/C17H27N5O2/c1-4-8-18-16(23)13(3)21-9-6-14(7-10-21)17(24)20-15-11-19-22(5-2)12-15/h4,11-14H,1,5-10H2,2-3H3,(H,18,23)(H,20,24)/t13-/m1/s1. The van der Waals surface area contributed by atoms with E-state index in [0.717, 1.165) is 38.2 Å². The molecular formula is C17H27N5O2. The summed E-state index contributed by atoms with van der Waals surface area (Å²) < 4.78 is 1.78. The first-order valence-electron chi connectivity index (χ1n) is 8.51.